The van der Waals surface area contributed by atoms with Gasteiger partial charge in [-0.3, -0.25) is 0 Å². The molecule has 0 radical (unpaired) electrons. The van der Waals surface area contributed by atoms with Gasteiger partial charge in [0.2, 0.25) is 0 Å². The number of rotatable bonds is 14. The molecule has 0 aromatic rings. The molecule has 160 valence electrons. The molecule has 0 aromatic carbocycles. The van der Waals surface area contributed by atoms with Gasteiger partial charge in [-0.1, -0.05) is 0 Å². The Labute approximate surface area is 177 Å². The fourth-order valence-electron chi connectivity index (χ4n) is 4.56. The number of hydrogen-bond acceptors (Lipinski definition) is 3. The van der Waals surface area contributed by atoms with E-state index in [1.807, 2.05) is 0 Å². The molecule has 0 atom stereocenters. The van der Waals surface area contributed by atoms with Gasteiger partial charge in [-0.2, -0.15) is 0 Å². The van der Waals surface area contributed by atoms with Crippen LogP contribution in [0.5, 0.6) is 0 Å². The summed E-state index contributed by atoms with van der Waals surface area (Å²) < 4.78 is 10.1. The number of carbonyl (C=O) groups excluding carboxylic acids is 2. The molecule has 3 nitrogen and oxygen atoms in total. The number of unbranched alkanes of at least 4 members (excludes halogenated alkanes) is 4. The third-order valence-electron chi connectivity index (χ3n) is 6.23. The van der Waals surface area contributed by atoms with Crippen LogP contribution in [0.4, 0.5) is 0 Å². The van der Waals surface area contributed by atoms with Crippen molar-refractivity contribution in [3.8, 4) is 0 Å². The molecule has 0 heterocycles. The average Bonchev–Trinajstić information content (AvgIpc) is 2.70. The summed E-state index contributed by atoms with van der Waals surface area (Å²) in [5.74, 6) is 0.487. The van der Waals surface area contributed by atoms with E-state index < -0.39 is 18.4 Å². The first-order valence-corrected chi connectivity index (χ1v) is 19.0. The summed E-state index contributed by atoms with van der Waals surface area (Å²) in [6.07, 6.45) is 9.79. The fraction of sp³-hybridized carbons (Fsp3) is 0.750. The SMILES string of the molecule is CCCCC1=[C]([Sn]([CH2]CCC)([CH2]CCC)[CH2]CCC)C(=O)C(OC)=C(C)C1=O. The van der Waals surface area contributed by atoms with Crippen LogP contribution in [0.2, 0.25) is 13.3 Å². The van der Waals surface area contributed by atoms with Crippen LogP contribution in [-0.2, 0) is 14.3 Å². The van der Waals surface area contributed by atoms with Crippen LogP contribution in [0.15, 0.2) is 20.5 Å². The van der Waals surface area contributed by atoms with Crippen LogP contribution >= 0.6 is 0 Å². The number of hydrogen-bond donors (Lipinski definition) is 0. The van der Waals surface area contributed by atoms with Crippen LogP contribution in [0, 0.1) is 0 Å². The molecule has 0 unspecified atom stereocenters. The van der Waals surface area contributed by atoms with Crippen molar-refractivity contribution in [1.29, 1.82) is 0 Å². The number of allylic oxidation sites excluding steroid dienone is 3. The summed E-state index contributed by atoms with van der Waals surface area (Å²) >= 11 is -3.03. The minimum absolute atomic E-state index is 0.0739. The third-order valence-corrected chi connectivity index (χ3v) is 22.0. The first kappa shape index (κ1) is 25.5. The maximum absolute atomic E-state index is 13.7. The monoisotopic (exact) mass is 498 g/mol. The molecular weight excluding hydrogens is 455 g/mol. The summed E-state index contributed by atoms with van der Waals surface area (Å²) in [5.41, 5.74) is 1.40. The zero-order valence-electron chi connectivity index (χ0n) is 19.2. The van der Waals surface area contributed by atoms with Crippen molar-refractivity contribution < 1.29 is 14.3 Å². The van der Waals surface area contributed by atoms with Crippen LogP contribution < -0.4 is 0 Å². The second-order valence-corrected chi connectivity index (χ2v) is 21.4. The summed E-state index contributed by atoms with van der Waals surface area (Å²) in [7, 11) is 1.54. The Hall–Kier alpha value is -0.581. The first-order chi connectivity index (χ1) is 13.4. The van der Waals surface area contributed by atoms with Crippen molar-refractivity contribution in [2.75, 3.05) is 7.11 Å². The summed E-state index contributed by atoms with van der Waals surface area (Å²) in [4.78, 5) is 27.0. The van der Waals surface area contributed by atoms with Gasteiger partial charge < -0.3 is 0 Å². The normalized spacial score (nSPS) is 15.6. The molecule has 1 rings (SSSR count). The molecule has 28 heavy (non-hydrogen) atoms. The van der Waals surface area contributed by atoms with E-state index in [0.717, 1.165) is 47.7 Å². The van der Waals surface area contributed by atoms with E-state index in [0.29, 0.717) is 11.3 Å². The average molecular weight is 497 g/mol. The van der Waals surface area contributed by atoms with Gasteiger partial charge in [-0.05, 0) is 0 Å². The topological polar surface area (TPSA) is 43.4 Å². The van der Waals surface area contributed by atoms with Crippen molar-refractivity contribution in [2.24, 2.45) is 0 Å². The quantitative estimate of drug-likeness (QED) is 0.193. The van der Waals surface area contributed by atoms with Crippen molar-refractivity contribution in [3.05, 3.63) is 20.5 Å². The van der Waals surface area contributed by atoms with Gasteiger partial charge in [-0.25, -0.2) is 0 Å². The third kappa shape index (κ3) is 5.96. The Balaban J connectivity index is 3.63. The Kier molecular flexibility index (Phi) is 11.7. The second kappa shape index (κ2) is 12.9. The van der Waals surface area contributed by atoms with Crippen LogP contribution in [-0.4, -0.2) is 37.1 Å². The van der Waals surface area contributed by atoms with Crippen LogP contribution in [0.3, 0.4) is 0 Å². The molecule has 0 fully saturated rings. The summed E-state index contributed by atoms with van der Waals surface area (Å²) in [6.45, 7) is 10.6. The molecule has 1 aliphatic carbocycles. The van der Waals surface area contributed by atoms with E-state index in [1.54, 1.807) is 14.0 Å². The Morgan fingerprint density at radius 1 is 0.750 bits per heavy atom. The van der Waals surface area contributed by atoms with E-state index in [-0.39, 0.29) is 11.6 Å². The van der Waals surface area contributed by atoms with Crippen molar-refractivity contribution in [3.63, 3.8) is 0 Å². The Morgan fingerprint density at radius 2 is 1.21 bits per heavy atom. The Morgan fingerprint density at radius 3 is 1.61 bits per heavy atom. The van der Waals surface area contributed by atoms with E-state index in [9.17, 15) is 9.59 Å². The number of ketones is 2. The summed E-state index contributed by atoms with van der Waals surface area (Å²) in [5, 5.41) is 0. The van der Waals surface area contributed by atoms with Crippen molar-refractivity contribution in [1.82, 2.24) is 0 Å². The molecule has 4 heteroatoms. The predicted molar refractivity (Wildman–Crippen MR) is 121 cm³/mol. The van der Waals surface area contributed by atoms with Crippen molar-refractivity contribution in [2.45, 2.75) is 106 Å². The second-order valence-electron chi connectivity index (χ2n) is 8.36. The van der Waals surface area contributed by atoms with Gasteiger partial charge in [0.25, 0.3) is 0 Å². The number of methoxy groups -OCH3 is 1. The van der Waals surface area contributed by atoms with Gasteiger partial charge in [0, 0.05) is 0 Å². The van der Waals surface area contributed by atoms with Gasteiger partial charge >= 0.3 is 178 Å². The van der Waals surface area contributed by atoms with Gasteiger partial charge in [0.15, 0.2) is 0 Å². The maximum atomic E-state index is 13.7. The molecule has 0 bridgehead atoms. The van der Waals surface area contributed by atoms with E-state index in [4.69, 9.17) is 4.74 Å². The van der Waals surface area contributed by atoms with E-state index in [1.165, 1.54) is 32.6 Å². The predicted octanol–water partition coefficient (Wildman–Crippen LogP) is 6.93. The molecule has 0 aromatic heterocycles. The van der Waals surface area contributed by atoms with Gasteiger partial charge in [-0.15, -0.1) is 0 Å². The zero-order valence-corrected chi connectivity index (χ0v) is 22.1. The van der Waals surface area contributed by atoms with Crippen LogP contribution in [0.25, 0.3) is 0 Å². The Bertz CT molecular complexity index is 579. The number of Topliss-reactive ketones (excluding diaryl/α,β-unsaturated/α-hetero) is 2. The van der Waals surface area contributed by atoms with E-state index >= 15 is 0 Å². The molecule has 0 saturated carbocycles. The first-order valence-electron chi connectivity index (χ1n) is 11.5. The molecule has 0 saturated heterocycles. The van der Waals surface area contributed by atoms with E-state index in [2.05, 4.69) is 27.7 Å². The molecule has 0 N–H and O–H groups in total. The fourth-order valence-corrected chi connectivity index (χ4v) is 21.9. The van der Waals surface area contributed by atoms with Gasteiger partial charge in [0.05, 0.1) is 0 Å². The molecule has 0 amide bonds. The van der Waals surface area contributed by atoms with Crippen LogP contribution in [0.1, 0.15) is 92.4 Å². The molecule has 1 aliphatic rings. The molecule has 0 spiro atoms. The zero-order chi connectivity index (χ0) is 21.2. The summed E-state index contributed by atoms with van der Waals surface area (Å²) in [6, 6.07) is 0. The minimum atomic E-state index is -3.03. The molecular formula is C24H42O3Sn. The standard InChI is InChI=1S/C12H15O3.3C4H9.Sn/c1-4-5-6-9-7-10(13)12(15-3)8(2)11(9)14;3*1-3-4-2;/h4-6H2,1-3H3;3*1,3-4H2,2H3;. The number of carbonyl (C=O) groups is 2. The van der Waals surface area contributed by atoms with Crippen molar-refractivity contribution >= 4 is 29.9 Å². The van der Waals surface area contributed by atoms with Gasteiger partial charge in [0.1, 0.15) is 0 Å². The number of ether oxygens (including phenoxy) is 1. The molecule has 0 aliphatic heterocycles.